The molecule has 0 aliphatic rings. The van der Waals surface area contributed by atoms with Crippen molar-refractivity contribution in [1.29, 1.82) is 0 Å². The standard InChI is InChI=1S/C11H25N3O/c1-5-10(12)11(15)14(6-2)9-7-8-13(3)4/h10H,5-9,12H2,1-4H3/t10-/m0/s1. The Bertz CT molecular complexity index is 183. The summed E-state index contributed by atoms with van der Waals surface area (Å²) in [6.45, 7) is 6.50. The predicted octanol–water partition coefficient (Wildman–Crippen LogP) is 0.524. The van der Waals surface area contributed by atoms with Gasteiger partial charge in [0.15, 0.2) is 0 Å². The molecule has 1 atom stereocenters. The van der Waals surface area contributed by atoms with Gasteiger partial charge in [-0.25, -0.2) is 0 Å². The molecule has 0 spiro atoms. The van der Waals surface area contributed by atoms with Gasteiger partial charge in [-0.05, 0) is 40.4 Å². The molecule has 4 nitrogen and oxygen atoms in total. The van der Waals surface area contributed by atoms with Crippen LogP contribution in [0.25, 0.3) is 0 Å². The van der Waals surface area contributed by atoms with Crippen molar-refractivity contribution in [1.82, 2.24) is 9.80 Å². The van der Waals surface area contributed by atoms with Gasteiger partial charge in [0.25, 0.3) is 0 Å². The molecule has 15 heavy (non-hydrogen) atoms. The van der Waals surface area contributed by atoms with Crippen molar-refractivity contribution in [2.24, 2.45) is 5.73 Å². The molecule has 0 aromatic rings. The number of carbonyl (C=O) groups excluding carboxylic acids is 1. The van der Waals surface area contributed by atoms with E-state index in [-0.39, 0.29) is 11.9 Å². The minimum absolute atomic E-state index is 0.0822. The Morgan fingerprint density at radius 2 is 1.87 bits per heavy atom. The molecule has 0 rings (SSSR count). The molecule has 0 saturated heterocycles. The third kappa shape index (κ3) is 5.74. The second kappa shape index (κ2) is 7.65. The molecule has 0 radical (unpaired) electrons. The lowest BCUT2D eigenvalue weighted by Gasteiger charge is -2.24. The molecular formula is C11H25N3O. The minimum atomic E-state index is -0.329. The summed E-state index contributed by atoms with van der Waals surface area (Å²) < 4.78 is 0. The van der Waals surface area contributed by atoms with E-state index in [0.29, 0.717) is 6.42 Å². The Balaban J connectivity index is 3.96. The second-order valence-corrected chi connectivity index (χ2v) is 4.09. The minimum Gasteiger partial charge on any atom is -0.342 e. The molecular weight excluding hydrogens is 190 g/mol. The molecule has 0 fully saturated rings. The van der Waals surface area contributed by atoms with Crippen LogP contribution in [0.4, 0.5) is 0 Å². The number of hydrogen-bond acceptors (Lipinski definition) is 3. The van der Waals surface area contributed by atoms with Gasteiger partial charge < -0.3 is 15.5 Å². The van der Waals surface area contributed by atoms with Crippen LogP contribution in [0.5, 0.6) is 0 Å². The molecule has 2 N–H and O–H groups in total. The summed E-state index contributed by atoms with van der Waals surface area (Å²) in [6.07, 6.45) is 1.71. The van der Waals surface area contributed by atoms with Crippen molar-refractivity contribution in [3.63, 3.8) is 0 Å². The molecule has 0 heterocycles. The normalized spacial score (nSPS) is 12.9. The molecule has 90 valence electrons. The summed E-state index contributed by atoms with van der Waals surface area (Å²) >= 11 is 0. The topological polar surface area (TPSA) is 49.6 Å². The number of carbonyl (C=O) groups is 1. The van der Waals surface area contributed by atoms with Crippen LogP contribution in [0.1, 0.15) is 26.7 Å². The highest BCUT2D eigenvalue weighted by Crippen LogP contribution is 1.99. The van der Waals surface area contributed by atoms with E-state index in [2.05, 4.69) is 4.90 Å². The van der Waals surface area contributed by atoms with Crippen LogP contribution in [0.2, 0.25) is 0 Å². The van der Waals surface area contributed by atoms with Crippen LogP contribution in [-0.2, 0) is 4.79 Å². The van der Waals surface area contributed by atoms with Gasteiger partial charge in [0.2, 0.25) is 5.91 Å². The maximum absolute atomic E-state index is 11.8. The zero-order valence-corrected chi connectivity index (χ0v) is 10.5. The van der Waals surface area contributed by atoms with Gasteiger partial charge in [-0.3, -0.25) is 4.79 Å². The van der Waals surface area contributed by atoms with Gasteiger partial charge in [0.1, 0.15) is 0 Å². The first-order valence-electron chi connectivity index (χ1n) is 5.72. The van der Waals surface area contributed by atoms with Crippen molar-refractivity contribution < 1.29 is 4.79 Å². The van der Waals surface area contributed by atoms with E-state index < -0.39 is 0 Å². The van der Waals surface area contributed by atoms with Crippen molar-refractivity contribution in [2.75, 3.05) is 33.7 Å². The first kappa shape index (κ1) is 14.4. The molecule has 0 unspecified atom stereocenters. The summed E-state index contributed by atoms with van der Waals surface area (Å²) in [5.41, 5.74) is 5.72. The number of nitrogens with zero attached hydrogens (tertiary/aromatic N) is 2. The molecule has 0 aliphatic heterocycles. The summed E-state index contributed by atoms with van der Waals surface area (Å²) in [5, 5.41) is 0. The Hall–Kier alpha value is -0.610. The van der Waals surface area contributed by atoms with Gasteiger partial charge in [-0.15, -0.1) is 0 Å². The van der Waals surface area contributed by atoms with Gasteiger partial charge >= 0.3 is 0 Å². The van der Waals surface area contributed by atoms with Crippen LogP contribution in [0.15, 0.2) is 0 Å². The third-order valence-electron chi connectivity index (χ3n) is 2.48. The summed E-state index contributed by atoms with van der Waals surface area (Å²) in [6, 6.07) is -0.329. The maximum atomic E-state index is 11.8. The van der Waals surface area contributed by atoms with Gasteiger partial charge in [0.05, 0.1) is 6.04 Å². The quantitative estimate of drug-likeness (QED) is 0.674. The second-order valence-electron chi connectivity index (χ2n) is 4.09. The van der Waals surface area contributed by atoms with Crippen molar-refractivity contribution in [3.8, 4) is 0 Å². The fourth-order valence-electron chi connectivity index (χ4n) is 1.41. The van der Waals surface area contributed by atoms with Crippen molar-refractivity contribution in [2.45, 2.75) is 32.7 Å². The lowest BCUT2D eigenvalue weighted by Crippen LogP contribution is -2.44. The molecule has 0 aliphatic carbocycles. The molecule has 1 amide bonds. The zero-order valence-electron chi connectivity index (χ0n) is 10.5. The number of hydrogen-bond donors (Lipinski definition) is 1. The Morgan fingerprint density at radius 3 is 2.27 bits per heavy atom. The van der Waals surface area contributed by atoms with Crippen molar-refractivity contribution in [3.05, 3.63) is 0 Å². The maximum Gasteiger partial charge on any atom is 0.239 e. The smallest absolute Gasteiger partial charge is 0.239 e. The van der Waals surface area contributed by atoms with E-state index in [9.17, 15) is 4.79 Å². The number of rotatable bonds is 7. The first-order chi connectivity index (χ1) is 7.02. The average molecular weight is 215 g/mol. The Labute approximate surface area is 93.4 Å². The van der Waals surface area contributed by atoms with Crippen LogP contribution in [0.3, 0.4) is 0 Å². The van der Waals surface area contributed by atoms with E-state index in [1.54, 1.807) is 0 Å². The van der Waals surface area contributed by atoms with E-state index in [1.165, 1.54) is 0 Å². The zero-order chi connectivity index (χ0) is 11.8. The van der Waals surface area contributed by atoms with Gasteiger partial charge in [-0.2, -0.15) is 0 Å². The highest BCUT2D eigenvalue weighted by Gasteiger charge is 2.17. The van der Waals surface area contributed by atoms with E-state index in [1.807, 2.05) is 32.8 Å². The van der Waals surface area contributed by atoms with Crippen LogP contribution in [-0.4, -0.2) is 55.5 Å². The van der Waals surface area contributed by atoms with Gasteiger partial charge in [0, 0.05) is 13.1 Å². The third-order valence-corrected chi connectivity index (χ3v) is 2.48. The number of amides is 1. The largest absolute Gasteiger partial charge is 0.342 e. The highest BCUT2D eigenvalue weighted by atomic mass is 16.2. The fourth-order valence-corrected chi connectivity index (χ4v) is 1.41. The number of nitrogens with two attached hydrogens (primary N) is 1. The molecule has 0 aromatic carbocycles. The lowest BCUT2D eigenvalue weighted by molar-refractivity contribution is -0.132. The molecule has 0 bridgehead atoms. The van der Waals surface area contributed by atoms with Crippen LogP contribution < -0.4 is 5.73 Å². The van der Waals surface area contributed by atoms with Gasteiger partial charge in [-0.1, -0.05) is 6.92 Å². The molecule has 0 saturated carbocycles. The van der Waals surface area contributed by atoms with E-state index in [0.717, 1.165) is 26.1 Å². The summed E-state index contributed by atoms with van der Waals surface area (Å²) in [7, 11) is 4.08. The van der Waals surface area contributed by atoms with Crippen LogP contribution in [0, 0.1) is 0 Å². The molecule has 4 heteroatoms. The average Bonchev–Trinajstić information content (AvgIpc) is 2.22. The number of likely N-dealkylation sites (N-methyl/N-ethyl adjacent to an activating group) is 1. The SMILES string of the molecule is CC[C@H](N)C(=O)N(CC)CCCN(C)C. The fraction of sp³-hybridized carbons (Fsp3) is 0.909. The Morgan fingerprint density at radius 1 is 1.27 bits per heavy atom. The monoisotopic (exact) mass is 215 g/mol. The first-order valence-corrected chi connectivity index (χ1v) is 5.72. The van der Waals surface area contributed by atoms with E-state index >= 15 is 0 Å². The Kier molecular flexibility index (Phi) is 7.34. The van der Waals surface area contributed by atoms with Crippen LogP contribution >= 0.6 is 0 Å². The highest BCUT2D eigenvalue weighted by molar-refractivity contribution is 5.81. The summed E-state index contributed by atoms with van der Waals surface area (Å²) in [4.78, 5) is 15.7. The molecule has 0 aromatic heterocycles. The summed E-state index contributed by atoms with van der Waals surface area (Å²) in [5.74, 6) is 0.0822. The lowest BCUT2D eigenvalue weighted by atomic mass is 10.2. The predicted molar refractivity (Wildman–Crippen MR) is 63.7 cm³/mol. The van der Waals surface area contributed by atoms with E-state index in [4.69, 9.17) is 5.73 Å². The van der Waals surface area contributed by atoms with Crippen molar-refractivity contribution >= 4 is 5.91 Å².